The monoisotopic (exact) mass is 322 g/mol. The van der Waals surface area contributed by atoms with E-state index in [1.807, 2.05) is 48.5 Å². The van der Waals surface area contributed by atoms with Crippen molar-refractivity contribution in [3.8, 4) is 33.5 Å². The van der Waals surface area contributed by atoms with E-state index >= 15 is 0 Å². The van der Waals surface area contributed by atoms with Crippen LogP contribution in [0.4, 0.5) is 0 Å². The molecule has 112 valence electrons. The van der Waals surface area contributed by atoms with E-state index in [2.05, 4.69) is 15.3 Å². The summed E-state index contributed by atoms with van der Waals surface area (Å²) in [5, 5.41) is 14.0. The van der Waals surface area contributed by atoms with Crippen LogP contribution in [0.5, 0.6) is 11.5 Å². The SMILES string of the molecule is c1ccc(-c2nn3c(-c4ccc5c(c4)OCO5)nnc3s2)cc1. The second-order valence-corrected chi connectivity index (χ2v) is 6.02. The summed E-state index contributed by atoms with van der Waals surface area (Å²) in [4.78, 5) is 0.761. The van der Waals surface area contributed by atoms with E-state index in [0.29, 0.717) is 5.82 Å². The summed E-state index contributed by atoms with van der Waals surface area (Å²) in [6.07, 6.45) is 0. The average Bonchev–Trinajstić information content (AvgIpc) is 3.30. The van der Waals surface area contributed by atoms with Crippen molar-refractivity contribution in [3.05, 3.63) is 48.5 Å². The molecule has 0 radical (unpaired) electrons. The maximum Gasteiger partial charge on any atom is 0.235 e. The van der Waals surface area contributed by atoms with E-state index in [1.165, 1.54) is 11.3 Å². The first-order chi connectivity index (χ1) is 11.4. The first-order valence-corrected chi connectivity index (χ1v) is 7.88. The van der Waals surface area contributed by atoms with Gasteiger partial charge in [-0.2, -0.15) is 9.61 Å². The molecule has 7 heteroatoms. The van der Waals surface area contributed by atoms with Gasteiger partial charge in [0.05, 0.1) is 0 Å². The van der Waals surface area contributed by atoms with Gasteiger partial charge < -0.3 is 9.47 Å². The van der Waals surface area contributed by atoms with E-state index in [4.69, 9.17) is 9.47 Å². The summed E-state index contributed by atoms with van der Waals surface area (Å²) in [6.45, 7) is 0.253. The number of nitrogens with zero attached hydrogens (tertiary/aromatic N) is 4. The predicted molar refractivity (Wildman–Crippen MR) is 85.7 cm³/mol. The number of hydrogen-bond donors (Lipinski definition) is 0. The highest BCUT2D eigenvalue weighted by Gasteiger charge is 2.18. The molecule has 0 spiro atoms. The van der Waals surface area contributed by atoms with Crippen LogP contribution in [0.25, 0.3) is 26.9 Å². The summed E-state index contributed by atoms with van der Waals surface area (Å²) in [5.41, 5.74) is 1.96. The molecule has 23 heavy (non-hydrogen) atoms. The molecule has 2 aromatic carbocycles. The third-order valence-electron chi connectivity index (χ3n) is 3.64. The maximum absolute atomic E-state index is 5.43. The fraction of sp³-hybridized carbons (Fsp3) is 0.0625. The van der Waals surface area contributed by atoms with Crippen LogP contribution in [0.1, 0.15) is 0 Å². The van der Waals surface area contributed by atoms with Crippen LogP contribution in [-0.4, -0.2) is 26.6 Å². The summed E-state index contributed by atoms with van der Waals surface area (Å²) in [5.74, 6) is 2.16. The first-order valence-electron chi connectivity index (χ1n) is 7.06. The molecule has 0 aliphatic carbocycles. The fourth-order valence-electron chi connectivity index (χ4n) is 2.53. The smallest absolute Gasteiger partial charge is 0.235 e. The molecule has 1 aliphatic rings. The third kappa shape index (κ3) is 1.97. The molecule has 0 amide bonds. The highest BCUT2D eigenvalue weighted by Crippen LogP contribution is 2.36. The van der Waals surface area contributed by atoms with Crippen molar-refractivity contribution in [2.24, 2.45) is 0 Å². The topological polar surface area (TPSA) is 61.5 Å². The Morgan fingerprint density at radius 1 is 0.913 bits per heavy atom. The molecule has 0 saturated carbocycles. The first kappa shape index (κ1) is 12.6. The molecule has 3 heterocycles. The lowest BCUT2D eigenvalue weighted by atomic mass is 10.2. The van der Waals surface area contributed by atoms with Crippen LogP contribution < -0.4 is 9.47 Å². The second-order valence-electron chi connectivity index (χ2n) is 5.06. The van der Waals surface area contributed by atoms with Gasteiger partial charge in [-0.05, 0) is 18.2 Å². The van der Waals surface area contributed by atoms with Gasteiger partial charge in [0.2, 0.25) is 11.8 Å². The fourth-order valence-corrected chi connectivity index (χ4v) is 3.37. The van der Waals surface area contributed by atoms with Crippen molar-refractivity contribution in [2.75, 3.05) is 6.79 Å². The average molecular weight is 322 g/mol. The van der Waals surface area contributed by atoms with E-state index in [-0.39, 0.29) is 6.79 Å². The molecule has 0 unspecified atom stereocenters. The summed E-state index contributed by atoms with van der Waals surface area (Å²) >= 11 is 1.51. The molecule has 0 saturated heterocycles. The second kappa shape index (κ2) is 4.79. The minimum Gasteiger partial charge on any atom is -0.454 e. The number of ether oxygens (including phenoxy) is 2. The lowest BCUT2D eigenvalue weighted by molar-refractivity contribution is 0.174. The van der Waals surface area contributed by atoms with Gasteiger partial charge in [-0.1, -0.05) is 41.7 Å². The van der Waals surface area contributed by atoms with Gasteiger partial charge >= 0.3 is 0 Å². The zero-order valence-electron chi connectivity index (χ0n) is 11.8. The van der Waals surface area contributed by atoms with Gasteiger partial charge in [0, 0.05) is 11.1 Å². The van der Waals surface area contributed by atoms with Crippen molar-refractivity contribution in [1.29, 1.82) is 0 Å². The van der Waals surface area contributed by atoms with Crippen molar-refractivity contribution in [3.63, 3.8) is 0 Å². The molecule has 5 rings (SSSR count). The lowest BCUT2D eigenvalue weighted by Gasteiger charge is -1.99. The number of rotatable bonds is 2. The zero-order valence-corrected chi connectivity index (χ0v) is 12.7. The molecular formula is C16H10N4O2S. The summed E-state index contributed by atoms with van der Waals surface area (Å²) in [6, 6.07) is 15.8. The largest absolute Gasteiger partial charge is 0.454 e. The molecule has 0 bridgehead atoms. The Labute approximate surface area is 134 Å². The van der Waals surface area contributed by atoms with Crippen molar-refractivity contribution in [1.82, 2.24) is 19.8 Å². The molecule has 6 nitrogen and oxygen atoms in total. The van der Waals surface area contributed by atoms with Gasteiger partial charge in [0.15, 0.2) is 17.3 Å². The Bertz CT molecular complexity index is 1010. The molecule has 0 N–H and O–H groups in total. The Kier molecular flexibility index (Phi) is 2.62. The van der Waals surface area contributed by atoms with Gasteiger partial charge in [0.1, 0.15) is 5.01 Å². The van der Waals surface area contributed by atoms with E-state index in [9.17, 15) is 0 Å². The van der Waals surface area contributed by atoms with Gasteiger partial charge in [0.25, 0.3) is 0 Å². The van der Waals surface area contributed by atoms with Crippen LogP contribution in [-0.2, 0) is 0 Å². The van der Waals surface area contributed by atoms with Gasteiger partial charge in [-0.15, -0.1) is 10.2 Å². The zero-order chi connectivity index (χ0) is 15.2. The number of fused-ring (bicyclic) bond motifs is 2. The predicted octanol–water partition coefficient (Wildman–Crippen LogP) is 3.25. The van der Waals surface area contributed by atoms with Gasteiger partial charge in [-0.25, -0.2) is 0 Å². The molecule has 0 atom stereocenters. The van der Waals surface area contributed by atoms with Crippen LogP contribution in [0.3, 0.4) is 0 Å². The van der Waals surface area contributed by atoms with E-state index in [0.717, 1.165) is 32.6 Å². The lowest BCUT2D eigenvalue weighted by Crippen LogP contribution is -1.93. The van der Waals surface area contributed by atoms with Crippen LogP contribution in [0.15, 0.2) is 48.5 Å². The van der Waals surface area contributed by atoms with Crippen LogP contribution in [0, 0.1) is 0 Å². The molecule has 4 aromatic rings. The van der Waals surface area contributed by atoms with E-state index < -0.39 is 0 Å². The Balaban J connectivity index is 1.64. The molecule has 1 aliphatic heterocycles. The van der Waals surface area contributed by atoms with Crippen LogP contribution in [0.2, 0.25) is 0 Å². The van der Waals surface area contributed by atoms with Crippen molar-refractivity contribution >= 4 is 16.3 Å². The van der Waals surface area contributed by atoms with Crippen LogP contribution >= 0.6 is 11.3 Å². The molecule has 2 aromatic heterocycles. The standard InChI is InChI=1S/C16H10N4O2S/c1-2-4-10(5-3-1)15-19-20-14(17-18-16(20)23-15)11-6-7-12-13(8-11)22-9-21-12/h1-8H,9H2. The third-order valence-corrected chi connectivity index (χ3v) is 4.59. The summed E-state index contributed by atoms with van der Waals surface area (Å²) < 4.78 is 12.5. The van der Waals surface area contributed by atoms with Gasteiger partial charge in [-0.3, -0.25) is 0 Å². The van der Waals surface area contributed by atoms with Crippen molar-refractivity contribution < 1.29 is 9.47 Å². The van der Waals surface area contributed by atoms with Crippen molar-refractivity contribution in [2.45, 2.75) is 0 Å². The molecular weight excluding hydrogens is 312 g/mol. The normalized spacial score (nSPS) is 12.9. The summed E-state index contributed by atoms with van der Waals surface area (Å²) in [7, 11) is 0. The Hall–Kier alpha value is -2.93. The number of hydrogen-bond acceptors (Lipinski definition) is 6. The number of benzene rings is 2. The highest BCUT2D eigenvalue weighted by molar-refractivity contribution is 7.19. The number of aromatic nitrogens is 4. The van der Waals surface area contributed by atoms with E-state index in [1.54, 1.807) is 4.52 Å². The molecule has 0 fully saturated rings. The minimum atomic E-state index is 0.253. The quantitative estimate of drug-likeness (QED) is 0.567. The Morgan fingerprint density at radius 2 is 1.78 bits per heavy atom. The maximum atomic E-state index is 5.43. The highest BCUT2D eigenvalue weighted by atomic mass is 32.1. The minimum absolute atomic E-state index is 0.253. The Morgan fingerprint density at radius 3 is 2.70 bits per heavy atom.